The minimum atomic E-state index is -0.368. The summed E-state index contributed by atoms with van der Waals surface area (Å²) in [5, 5.41) is 24.2. The Morgan fingerprint density at radius 2 is 0.895 bits per heavy atom. The van der Waals surface area contributed by atoms with Gasteiger partial charge in [-0.25, -0.2) is 0 Å². The predicted molar refractivity (Wildman–Crippen MR) is 170 cm³/mol. The van der Waals surface area contributed by atoms with E-state index in [1.54, 1.807) is 0 Å². The van der Waals surface area contributed by atoms with Crippen molar-refractivity contribution in [3.8, 4) is 0 Å². The van der Waals surface area contributed by atoms with Crippen LogP contribution in [0.25, 0.3) is 29.6 Å². The molecule has 4 aromatic rings. The highest BCUT2D eigenvalue weighted by molar-refractivity contribution is 7.36. The first kappa shape index (κ1) is 29.5. The van der Waals surface area contributed by atoms with Crippen LogP contribution in [0.1, 0.15) is 140 Å². The Morgan fingerprint density at radius 3 is 1.29 bits per heavy atom. The van der Waals surface area contributed by atoms with Crippen molar-refractivity contribution in [3.05, 3.63) is 47.5 Å². The smallest absolute Gasteiger partial charge is 0.0790 e. The van der Waals surface area contributed by atoms with Crippen LogP contribution in [0.15, 0.2) is 36.4 Å². The quantitative estimate of drug-likeness (QED) is 0.120. The summed E-state index contributed by atoms with van der Waals surface area (Å²) in [6.45, 7) is 4.51. The average molecular weight is 553 g/mol. The van der Waals surface area contributed by atoms with Gasteiger partial charge in [0.25, 0.3) is 0 Å². The Hall–Kier alpha value is -1.46. The largest absolute Gasteiger partial charge is 0.388 e. The lowest BCUT2D eigenvalue weighted by atomic mass is 10.0. The molecule has 38 heavy (non-hydrogen) atoms. The van der Waals surface area contributed by atoms with E-state index in [2.05, 4.69) is 50.2 Å². The molecule has 2 N–H and O–H groups in total. The third kappa shape index (κ3) is 7.81. The number of hydrogen-bond donors (Lipinski definition) is 2. The minimum absolute atomic E-state index is 0.368. The van der Waals surface area contributed by atoms with Crippen molar-refractivity contribution in [3.63, 3.8) is 0 Å². The molecule has 4 heteroatoms. The van der Waals surface area contributed by atoms with E-state index >= 15 is 0 Å². The van der Waals surface area contributed by atoms with Crippen LogP contribution in [0, 0.1) is 0 Å². The molecular weight excluding hydrogens is 505 g/mol. The lowest BCUT2D eigenvalue weighted by Gasteiger charge is -2.11. The Bertz CT molecular complexity index is 1160. The topological polar surface area (TPSA) is 40.5 Å². The Morgan fingerprint density at radius 1 is 0.526 bits per heavy atom. The lowest BCUT2D eigenvalue weighted by Crippen LogP contribution is -1.97. The van der Waals surface area contributed by atoms with Gasteiger partial charge in [-0.05, 0) is 36.1 Å². The van der Waals surface area contributed by atoms with Crippen molar-refractivity contribution in [2.75, 3.05) is 0 Å². The molecule has 2 heterocycles. The molecule has 0 spiro atoms. The van der Waals surface area contributed by atoms with E-state index in [-0.39, 0.29) is 12.2 Å². The van der Waals surface area contributed by atoms with E-state index in [0.717, 1.165) is 36.8 Å². The second-order valence-corrected chi connectivity index (χ2v) is 13.3. The van der Waals surface area contributed by atoms with Crippen LogP contribution in [-0.4, -0.2) is 10.2 Å². The van der Waals surface area contributed by atoms with Crippen molar-refractivity contribution >= 4 is 52.2 Å². The van der Waals surface area contributed by atoms with E-state index in [9.17, 15) is 10.2 Å². The van der Waals surface area contributed by atoms with Gasteiger partial charge in [0.15, 0.2) is 0 Å². The highest BCUT2D eigenvalue weighted by atomic mass is 32.1. The SMILES string of the molecule is CCCCCCCCCC(O)c1ccc2c(c1)sc1c3ccc(C(O)CCCCCCCCC)cc3sc21. The van der Waals surface area contributed by atoms with Gasteiger partial charge in [0.2, 0.25) is 0 Å². The van der Waals surface area contributed by atoms with Gasteiger partial charge in [-0.2, -0.15) is 0 Å². The fourth-order valence-corrected chi connectivity index (χ4v) is 8.38. The maximum atomic E-state index is 10.8. The van der Waals surface area contributed by atoms with Gasteiger partial charge in [0.05, 0.1) is 21.6 Å². The molecule has 4 rings (SSSR count). The van der Waals surface area contributed by atoms with Crippen molar-refractivity contribution in [1.29, 1.82) is 0 Å². The van der Waals surface area contributed by atoms with Gasteiger partial charge in [-0.3, -0.25) is 0 Å². The van der Waals surface area contributed by atoms with E-state index in [4.69, 9.17) is 0 Å². The fourth-order valence-electron chi connectivity index (χ4n) is 5.63. The monoisotopic (exact) mass is 552 g/mol. The van der Waals surface area contributed by atoms with Crippen LogP contribution in [0.3, 0.4) is 0 Å². The number of unbranched alkanes of at least 4 members (excludes halogenated alkanes) is 12. The molecule has 2 nitrogen and oxygen atoms in total. The van der Waals surface area contributed by atoms with Gasteiger partial charge in [0.1, 0.15) is 0 Å². The Balaban J connectivity index is 1.35. The molecule has 2 unspecified atom stereocenters. The van der Waals surface area contributed by atoms with Gasteiger partial charge < -0.3 is 10.2 Å². The van der Waals surface area contributed by atoms with E-state index in [0.29, 0.717) is 0 Å². The van der Waals surface area contributed by atoms with E-state index in [1.807, 2.05) is 22.7 Å². The van der Waals surface area contributed by atoms with Crippen LogP contribution in [0.5, 0.6) is 0 Å². The molecule has 0 aliphatic carbocycles. The summed E-state index contributed by atoms with van der Waals surface area (Å²) in [7, 11) is 0. The summed E-state index contributed by atoms with van der Waals surface area (Å²) < 4.78 is 5.22. The normalized spacial score (nSPS) is 13.7. The minimum Gasteiger partial charge on any atom is -0.388 e. The molecule has 2 aromatic heterocycles. The molecule has 0 saturated heterocycles. The van der Waals surface area contributed by atoms with Crippen LogP contribution in [0.4, 0.5) is 0 Å². The average Bonchev–Trinajstić information content (AvgIpc) is 3.46. The zero-order valence-electron chi connectivity index (χ0n) is 23.6. The number of rotatable bonds is 18. The van der Waals surface area contributed by atoms with Gasteiger partial charge in [0, 0.05) is 20.2 Å². The Labute approximate surface area is 238 Å². The predicted octanol–water partition coefficient (Wildman–Crippen LogP) is 11.6. The third-order valence-corrected chi connectivity index (χ3v) is 10.6. The number of thiophene rings is 2. The summed E-state index contributed by atoms with van der Waals surface area (Å²) in [6.07, 6.45) is 18.8. The first-order valence-corrected chi connectivity index (χ1v) is 17.0. The summed E-state index contributed by atoms with van der Waals surface area (Å²) in [6, 6.07) is 13.1. The number of aliphatic hydroxyl groups is 2. The van der Waals surface area contributed by atoms with Crippen molar-refractivity contribution < 1.29 is 10.2 Å². The molecule has 0 radical (unpaired) electrons. The molecule has 0 saturated carbocycles. The van der Waals surface area contributed by atoms with Gasteiger partial charge in [-0.1, -0.05) is 128 Å². The molecular formula is C34H48O2S2. The van der Waals surface area contributed by atoms with Crippen LogP contribution >= 0.6 is 22.7 Å². The fraction of sp³-hybridized carbons (Fsp3) is 0.588. The highest BCUT2D eigenvalue weighted by Gasteiger charge is 2.16. The second kappa shape index (κ2) is 15.4. The van der Waals surface area contributed by atoms with E-state index < -0.39 is 0 Å². The molecule has 0 fully saturated rings. The maximum absolute atomic E-state index is 10.8. The van der Waals surface area contributed by atoms with Crippen molar-refractivity contribution in [2.24, 2.45) is 0 Å². The second-order valence-electron chi connectivity index (χ2n) is 11.2. The Kier molecular flexibility index (Phi) is 11.9. The number of hydrogen-bond acceptors (Lipinski definition) is 4. The first-order chi connectivity index (χ1) is 18.6. The number of benzene rings is 2. The highest BCUT2D eigenvalue weighted by Crippen LogP contribution is 2.45. The molecule has 2 atom stereocenters. The van der Waals surface area contributed by atoms with Crippen LogP contribution < -0.4 is 0 Å². The summed E-state index contributed by atoms with van der Waals surface area (Å²) >= 11 is 3.69. The molecule has 0 aliphatic heterocycles. The molecule has 2 aromatic carbocycles. The number of aliphatic hydroxyl groups excluding tert-OH is 2. The van der Waals surface area contributed by atoms with Crippen molar-refractivity contribution in [1.82, 2.24) is 0 Å². The lowest BCUT2D eigenvalue weighted by molar-refractivity contribution is 0.163. The summed E-state index contributed by atoms with van der Waals surface area (Å²) in [4.78, 5) is 0. The van der Waals surface area contributed by atoms with Crippen LogP contribution in [-0.2, 0) is 0 Å². The summed E-state index contributed by atoms with van der Waals surface area (Å²) in [5.74, 6) is 0. The van der Waals surface area contributed by atoms with Crippen LogP contribution in [0.2, 0.25) is 0 Å². The van der Waals surface area contributed by atoms with E-state index in [1.165, 1.54) is 107 Å². The molecule has 208 valence electrons. The molecule has 0 bridgehead atoms. The third-order valence-electron chi connectivity index (χ3n) is 8.06. The maximum Gasteiger partial charge on any atom is 0.0790 e. The zero-order valence-corrected chi connectivity index (χ0v) is 25.3. The van der Waals surface area contributed by atoms with Gasteiger partial charge in [-0.15, -0.1) is 22.7 Å². The zero-order chi connectivity index (χ0) is 26.7. The molecule has 0 amide bonds. The first-order valence-electron chi connectivity index (χ1n) is 15.4. The standard InChI is InChI=1S/C34H48O2S2/c1-3-5-7-9-11-13-15-17-29(35)25-19-21-27-31(23-25)37-34-28-22-20-26(24-32(28)38-33(27)34)30(36)18-16-14-12-10-8-6-4-2/h19-24,29-30,35-36H,3-18H2,1-2H3. The molecule has 0 aliphatic rings. The number of fused-ring (bicyclic) bond motifs is 5. The van der Waals surface area contributed by atoms with Gasteiger partial charge >= 0.3 is 0 Å². The summed E-state index contributed by atoms with van der Waals surface area (Å²) in [5.41, 5.74) is 2.11. The van der Waals surface area contributed by atoms with Crippen molar-refractivity contribution in [2.45, 2.75) is 129 Å².